The number of rotatable bonds is 22. The first-order valence-electron chi connectivity index (χ1n) is 12.6. The van der Waals surface area contributed by atoms with Crippen molar-refractivity contribution >= 4 is 11.9 Å². The second-order valence-electron chi connectivity index (χ2n) is 8.43. The molecule has 0 spiro atoms. The summed E-state index contributed by atoms with van der Waals surface area (Å²) < 4.78 is 10.4. The number of ether oxygens (including phenoxy) is 2. The van der Waals surface area contributed by atoms with E-state index in [0.717, 1.165) is 38.5 Å². The predicted octanol–water partition coefficient (Wildman–Crippen LogP) is 6.50. The lowest BCUT2D eigenvalue weighted by Gasteiger charge is -2.15. The number of carbonyl (C=O) groups is 2. The molecule has 1 N–H and O–H groups in total. The molecule has 5 nitrogen and oxygen atoms in total. The van der Waals surface area contributed by atoms with Gasteiger partial charge in [-0.3, -0.25) is 9.59 Å². The minimum atomic E-state index is -0.756. The fourth-order valence-electron chi connectivity index (χ4n) is 3.43. The smallest absolute Gasteiger partial charge is 0.306 e. The van der Waals surface area contributed by atoms with Gasteiger partial charge in [0, 0.05) is 12.8 Å². The zero-order valence-corrected chi connectivity index (χ0v) is 19.8. The Morgan fingerprint density at radius 2 is 1.03 bits per heavy atom. The summed E-state index contributed by atoms with van der Waals surface area (Å²) >= 11 is 0. The van der Waals surface area contributed by atoms with Gasteiger partial charge >= 0.3 is 11.9 Å². The van der Waals surface area contributed by atoms with Crippen LogP contribution in [0.1, 0.15) is 129 Å². The van der Waals surface area contributed by atoms with Crippen molar-refractivity contribution in [1.82, 2.24) is 0 Å². The fourth-order valence-corrected chi connectivity index (χ4v) is 3.43. The Balaban J connectivity index is 3.64. The van der Waals surface area contributed by atoms with Gasteiger partial charge in [0.2, 0.25) is 0 Å². The maximum atomic E-state index is 11.9. The maximum absolute atomic E-state index is 11.9. The van der Waals surface area contributed by atoms with E-state index in [2.05, 4.69) is 13.8 Å². The fraction of sp³-hybridized carbons (Fsp3) is 0.920. The highest BCUT2D eigenvalue weighted by Gasteiger charge is 2.16. The highest BCUT2D eigenvalue weighted by atomic mass is 16.6. The number of hydrogen-bond acceptors (Lipinski definition) is 5. The first-order valence-corrected chi connectivity index (χ1v) is 12.6. The van der Waals surface area contributed by atoms with E-state index < -0.39 is 6.10 Å². The second-order valence-corrected chi connectivity index (χ2v) is 8.43. The van der Waals surface area contributed by atoms with Crippen LogP contribution in [0.5, 0.6) is 0 Å². The van der Waals surface area contributed by atoms with Gasteiger partial charge in [-0.1, -0.05) is 104 Å². The van der Waals surface area contributed by atoms with Crippen molar-refractivity contribution in [3.63, 3.8) is 0 Å². The molecule has 0 saturated carbocycles. The summed E-state index contributed by atoms with van der Waals surface area (Å²) in [6.07, 6.45) is 18.8. The van der Waals surface area contributed by atoms with E-state index in [0.29, 0.717) is 12.8 Å². The molecule has 0 bridgehead atoms. The summed E-state index contributed by atoms with van der Waals surface area (Å²) in [7, 11) is 0. The number of hydrogen-bond donors (Lipinski definition) is 1. The highest BCUT2D eigenvalue weighted by molar-refractivity contribution is 5.70. The normalized spacial score (nSPS) is 12.0. The molecule has 0 rings (SSSR count). The van der Waals surface area contributed by atoms with E-state index in [1.165, 1.54) is 64.2 Å². The SMILES string of the molecule is CCCCCCCCCCCC(=O)O[C@@H](CO)COC(=O)CCCCCCCCC. The van der Waals surface area contributed by atoms with Gasteiger partial charge in [-0.25, -0.2) is 0 Å². The first-order chi connectivity index (χ1) is 14.6. The van der Waals surface area contributed by atoms with Crippen LogP contribution < -0.4 is 0 Å². The van der Waals surface area contributed by atoms with E-state index in [9.17, 15) is 14.7 Å². The molecule has 0 aromatic heterocycles. The van der Waals surface area contributed by atoms with E-state index in [1.807, 2.05) is 0 Å². The van der Waals surface area contributed by atoms with Crippen LogP contribution in [0.2, 0.25) is 0 Å². The molecule has 0 fully saturated rings. The van der Waals surface area contributed by atoms with Crippen molar-refractivity contribution in [2.45, 2.75) is 136 Å². The molecule has 0 heterocycles. The van der Waals surface area contributed by atoms with Crippen LogP contribution in [0.4, 0.5) is 0 Å². The van der Waals surface area contributed by atoms with Crippen molar-refractivity contribution in [3.8, 4) is 0 Å². The highest BCUT2D eigenvalue weighted by Crippen LogP contribution is 2.12. The van der Waals surface area contributed by atoms with E-state index >= 15 is 0 Å². The zero-order chi connectivity index (χ0) is 22.3. The quantitative estimate of drug-likeness (QED) is 0.157. The number of aliphatic hydroxyl groups is 1. The lowest BCUT2D eigenvalue weighted by atomic mass is 10.1. The number of carbonyl (C=O) groups excluding carboxylic acids is 2. The maximum Gasteiger partial charge on any atom is 0.306 e. The molecule has 0 aliphatic rings. The number of unbranched alkanes of at least 4 members (excludes halogenated alkanes) is 14. The Hall–Kier alpha value is -1.10. The van der Waals surface area contributed by atoms with Crippen molar-refractivity contribution in [3.05, 3.63) is 0 Å². The third-order valence-corrected chi connectivity index (χ3v) is 5.40. The van der Waals surface area contributed by atoms with E-state index in [1.54, 1.807) is 0 Å². The van der Waals surface area contributed by atoms with Crippen molar-refractivity contribution in [2.75, 3.05) is 13.2 Å². The minimum Gasteiger partial charge on any atom is -0.462 e. The van der Waals surface area contributed by atoms with Crippen LogP contribution in [0.3, 0.4) is 0 Å². The van der Waals surface area contributed by atoms with Gasteiger partial charge in [-0.05, 0) is 12.8 Å². The third-order valence-electron chi connectivity index (χ3n) is 5.40. The topological polar surface area (TPSA) is 72.8 Å². The average Bonchev–Trinajstić information content (AvgIpc) is 2.74. The molecule has 0 unspecified atom stereocenters. The van der Waals surface area contributed by atoms with Gasteiger partial charge < -0.3 is 14.6 Å². The second kappa shape index (κ2) is 22.6. The molecular weight excluding hydrogens is 380 g/mol. The van der Waals surface area contributed by atoms with Crippen LogP contribution in [0.25, 0.3) is 0 Å². The Bertz CT molecular complexity index is 397. The molecule has 0 saturated heterocycles. The number of aliphatic hydroxyl groups excluding tert-OH is 1. The Morgan fingerprint density at radius 3 is 1.47 bits per heavy atom. The van der Waals surface area contributed by atoms with Gasteiger partial charge in [0.15, 0.2) is 6.10 Å². The predicted molar refractivity (Wildman–Crippen MR) is 122 cm³/mol. The van der Waals surface area contributed by atoms with Crippen molar-refractivity contribution in [1.29, 1.82) is 0 Å². The summed E-state index contributed by atoms with van der Waals surface area (Å²) in [6, 6.07) is 0. The monoisotopic (exact) mass is 428 g/mol. The molecule has 0 aliphatic carbocycles. The molecule has 0 aromatic rings. The third kappa shape index (κ3) is 20.2. The van der Waals surface area contributed by atoms with Crippen LogP contribution >= 0.6 is 0 Å². The Morgan fingerprint density at radius 1 is 0.633 bits per heavy atom. The number of esters is 2. The molecule has 5 heteroatoms. The first kappa shape index (κ1) is 28.9. The summed E-state index contributed by atoms with van der Waals surface area (Å²) in [4.78, 5) is 23.7. The Labute approximate surface area is 185 Å². The minimum absolute atomic E-state index is 0.0602. The van der Waals surface area contributed by atoms with Gasteiger partial charge in [-0.15, -0.1) is 0 Å². The molecule has 0 aliphatic heterocycles. The van der Waals surface area contributed by atoms with Crippen LogP contribution in [-0.2, 0) is 19.1 Å². The largest absolute Gasteiger partial charge is 0.462 e. The average molecular weight is 429 g/mol. The van der Waals surface area contributed by atoms with Crippen molar-refractivity contribution < 1.29 is 24.2 Å². The molecule has 0 radical (unpaired) electrons. The van der Waals surface area contributed by atoms with E-state index in [4.69, 9.17) is 9.47 Å². The molecule has 0 amide bonds. The van der Waals surface area contributed by atoms with Crippen molar-refractivity contribution in [2.24, 2.45) is 0 Å². The Kier molecular flexibility index (Phi) is 21.8. The molecule has 178 valence electrons. The van der Waals surface area contributed by atoms with Crippen LogP contribution in [-0.4, -0.2) is 36.4 Å². The van der Waals surface area contributed by atoms with Gasteiger partial charge in [-0.2, -0.15) is 0 Å². The summed E-state index contributed by atoms with van der Waals surface area (Å²) in [6.45, 7) is 4.04. The van der Waals surface area contributed by atoms with Crippen LogP contribution in [0, 0.1) is 0 Å². The lowest BCUT2D eigenvalue weighted by Crippen LogP contribution is -2.28. The lowest BCUT2D eigenvalue weighted by molar-refractivity contribution is -0.161. The van der Waals surface area contributed by atoms with Gasteiger partial charge in [0.25, 0.3) is 0 Å². The van der Waals surface area contributed by atoms with Crippen LogP contribution in [0.15, 0.2) is 0 Å². The summed E-state index contributed by atoms with van der Waals surface area (Å²) in [5.74, 6) is -0.600. The van der Waals surface area contributed by atoms with E-state index in [-0.39, 0.29) is 25.2 Å². The molecule has 0 aromatic carbocycles. The zero-order valence-electron chi connectivity index (χ0n) is 19.8. The van der Waals surface area contributed by atoms with Gasteiger partial charge in [0.05, 0.1) is 6.61 Å². The molecule has 1 atom stereocenters. The summed E-state index contributed by atoms with van der Waals surface area (Å²) in [5, 5.41) is 9.37. The molecular formula is C25H48O5. The standard InChI is InChI=1S/C25H48O5/c1-3-5-7-9-11-12-14-16-18-20-25(28)30-23(21-26)22-29-24(27)19-17-15-13-10-8-6-4-2/h23,26H,3-22H2,1-2H3/t23-/m0/s1. The van der Waals surface area contributed by atoms with Gasteiger partial charge in [0.1, 0.15) is 6.61 Å². The summed E-state index contributed by atoms with van der Waals surface area (Å²) in [5.41, 5.74) is 0. The molecule has 30 heavy (non-hydrogen) atoms.